The third-order valence-corrected chi connectivity index (χ3v) is 4.68. The molecular formula is C23H23N5O. The van der Waals surface area contributed by atoms with Gasteiger partial charge in [0.1, 0.15) is 5.65 Å². The number of imidazole rings is 1. The average Bonchev–Trinajstić information content (AvgIpc) is 3.08. The number of aromatic nitrogens is 3. The molecule has 0 saturated carbocycles. The summed E-state index contributed by atoms with van der Waals surface area (Å²) in [6.45, 7) is 0.624. The maximum atomic E-state index is 12.9. The normalized spacial score (nSPS) is 11.1. The maximum Gasteiger partial charge on any atom is 0.276 e. The molecule has 1 amide bonds. The van der Waals surface area contributed by atoms with Gasteiger partial charge in [0, 0.05) is 30.8 Å². The van der Waals surface area contributed by atoms with Crippen molar-refractivity contribution in [3.8, 4) is 0 Å². The number of nitrogens with zero attached hydrogens (tertiary/aromatic N) is 4. The van der Waals surface area contributed by atoms with E-state index in [0.717, 1.165) is 23.4 Å². The monoisotopic (exact) mass is 385 g/mol. The van der Waals surface area contributed by atoms with E-state index < -0.39 is 0 Å². The van der Waals surface area contributed by atoms with E-state index in [9.17, 15) is 4.79 Å². The first kappa shape index (κ1) is 18.8. The van der Waals surface area contributed by atoms with E-state index >= 15 is 0 Å². The molecule has 0 unspecified atom stereocenters. The van der Waals surface area contributed by atoms with E-state index in [2.05, 4.69) is 15.3 Å². The highest BCUT2D eigenvalue weighted by atomic mass is 16.1. The summed E-state index contributed by atoms with van der Waals surface area (Å²) in [6.07, 6.45) is 6.36. The number of amides is 1. The predicted molar refractivity (Wildman–Crippen MR) is 114 cm³/mol. The summed E-state index contributed by atoms with van der Waals surface area (Å²) >= 11 is 0. The molecule has 1 N–H and O–H groups in total. The number of fused-ring (bicyclic) bond motifs is 1. The minimum Gasteiger partial charge on any atom is -0.321 e. The molecule has 0 radical (unpaired) electrons. The van der Waals surface area contributed by atoms with Crippen molar-refractivity contribution >= 4 is 17.2 Å². The van der Waals surface area contributed by atoms with Gasteiger partial charge in [-0.3, -0.25) is 9.78 Å². The topological polar surface area (TPSA) is 62.5 Å². The largest absolute Gasteiger partial charge is 0.321 e. The summed E-state index contributed by atoms with van der Waals surface area (Å²) in [4.78, 5) is 23.6. The summed E-state index contributed by atoms with van der Waals surface area (Å²) in [5, 5.41) is 2.98. The van der Waals surface area contributed by atoms with Gasteiger partial charge in [0.05, 0.1) is 5.69 Å². The minimum atomic E-state index is -0.201. The zero-order valence-corrected chi connectivity index (χ0v) is 16.5. The molecule has 0 bridgehead atoms. The van der Waals surface area contributed by atoms with Crippen molar-refractivity contribution in [2.24, 2.45) is 0 Å². The Kier molecular flexibility index (Phi) is 5.35. The zero-order chi connectivity index (χ0) is 20.2. The molecular weight excluding hydrogens is 362 g/mol. The molecule has 4 aromatic rings. The second kappa shape index (κ2) is 8.24. The van der Waals surface area contributed by atoms with Gasteiger partial charge in [-0.2, -0.15) is 0 Å². The Morgan fingerprint density at radius 1 is 1.00 bits per heavy atom. The van der Waals surface area contributed by atoms with Gasteiger partial charge in [-0.25, -0.2) is 4.98 Å². The van der Waals surface area contributed by atoms with Gasteiger partial charge in [-0.05, 0) is 68.0 Å². The van der Waals surface area contributed by atoms with Gasteiger partial charge in [0.25, 0.3) is 5.91 Å². The fourth-order valence-electron chi connectivity index (χ4n) is 3.31. The third-order valence-electron chi connectivity index (χ3n) is 4.68. The first-order valence-corrected chi connectivity index (χ1v) is 9.50. The van der Waals surface area contributed by atoms with Gasteiger partial charge >= 0.3 is 0 Å². The van der Waals surface area contributed by atoms with E-state index in [0.29, 0.717) is 12.2 Å². The minimum absolute atomic E-state index is 0.201. The van der Waals surface area contributed by atoms with Gasteiger partial charge in [-0.15, -0.1) is 0 Å². The van der Waals surface area contributed by atoms with Crippen molar-refractivity contribution in [2.75, 3.05) is 19.4 Å². The van der Waals surface area contributed by atoms with Crippen molar-refractivity contribution in [3.63, 3.8) is 0 Å². The van der Waals surface area contributed by atoms with Crippen LogP contribution in [0.3, 0.4) is 0 Å². The van der Waals surface area contributed by atoms with Crippen molar-refractivity contribution in [1.29, 1.82) is 0 Å². The highest BCUT2D eigenvalue weighted by Crippen LogP contribution is 2.18. The van der Waals surface area contributed by atoms with Gasteiger partial charge in [0.2, 0.25) is 0 Å². The van der Waals surface area contributed by atoms with Crippen LogP contribution in [0.1, 0.15) is 27.3 Å². The van der Waals surface area contributed by atoms with Crippen molar-refractivity contribution in [2.45, 2.75) is 13.0 Å². The van der Waals surface area contributed by atoms with Crippen molar-refractivity contribution < 1.29 is 4.79 Å². The summed E-state index contributed by atoms with van der Waals surface area (Å²) in [6, 6.07) is 17.7. The molecule has 0 fully saturated rings. The molecule has 0 saturated heterocycles. The van der Waals surface area contributed by atoms with E-state index in [1.165, 1.54) is 11.1 Å². The fourth-order valence-corrected chi connectivity index (χ4v) is 3.31. The van der Waals surface area contributed by atoms with Crippen LogP contribution < -0.4 is 5.32 Å². The lowest BCUT2D eigenvalue weighted by atomic mass is 10.1. The number of nitrogens with one attached hydrogen (secondary N) is 1. The summed E-state index contributed by atoms with van der Waals surface area (Å²) in [7, 11) is 3.96. The second-order valence-electron chi connectivity index (χ2n) is 7.26. The predicted octanol–water partition coefficient (Wildman–Crippen LogP) is 3.63. The third kappa shape index (κ3) is 4.33. The smallest absolute Gasteiger partial charge is 0.276 e. The molecule has 146 valence electrons. The fraction of sp³-hybridized carbons (Fsp3) is 0.174. The van der Waals surface area contributed by atoms with Crippen LogP contribution in [0.15, 0.2) is 73.2 Å². The van der Waals surface area contributed by atoms with Crippen LogP contribution in [0, 0.1) is 0 Å². The Morgan fingerprint density at radius 3 is 2.45 bits per heavy atom. The van der Waals surface area contributed by atoms with Gasteiger partial charge in [0.15, 0.2) is 5.69 Å². The highest BCUT2D eigenvalue weighted by Gasteiger charge is 2.19. The van der Waals surface area contributed by atoms with Gasteiger partial charge < -0.3 is 14.6 Å². The van der Waals surface area contributed by atoms with E-state index in [1.807, 2.05) is 84.2 Å². The van der Waals surface area contributed by atoms with E-state index in [4.69, 9.17) is 0 Å². The number of pyridine rings is 2. The van der Waals surface area contributed by atoms with Crippen LogP contribution >= 0.6 is 0 Å². The first-order valence-electron chi connectivity index (χ1n) is 9.50. The van der Waals surface area contributed by atoms with Crippen LogP contribution in [0.2, 0.25) is 0 Å². The standard InChI is InChI=1S/C23H23N5O/c1-27(2)16-20-22(26-21-5-3-4-14-28(20)21)23(29)25-19-8-6-17(7-9-19)15-18-10-12-24-13-11-18/h3-14H,15-16H2,1-2H3,(H,25,29). The summed E-state index contributed by atoms with van der Waals surface area (Å²) in [5.41, 5.74) is 5.22. The Bertz CT molecular complexity index is 1120. The molecule has 3 aromatic heterocycles. The summed E-state index contributed by atoms with van der Waals surface area (Å²) < 4.78 is 1.97. The quantitative estimate of drug-likeness (QED) is 0.550. The molecule has 6 nitrogen and oxygen atoms in total. The number of anilines is 1. The molecule has 3 heterocycles. The molecule has 0 aliphatic rings. The molecule has 29 heavy (non-hydrogen) atoms. The SMILES string of the molecule is CN(C)Cc1c(C(=O)Nc2ccc(Cc3ccncc3)cc2)nc2ccccn12. The molecule has 0 atom stereocenters. The molecule has 1 aromatic carbocycles. The highest BCUT2D eigenvalue weighted by molar-refractivity contribution is 6.04. The first-order chi connectivity index (χ1) is 14.1. The number of benzene rings is 1. The Labute approximate surface area is 169 Å². The number of rotatable bonds is 6. The Balaban J connectivity index is 1.53. The Morgan fingerprint density at radius 2 is 1.72 bits per heavy atom. The van der Waals surface area contributed by atoms with E-state index in [-0.39, 0.29) is 5.91 Å². The summed E-state index contributed by atoms with van der Waals surface area (Å²) in [5.74, 6) is -0.201. The second-order valence-corrected chi connectivity index (χ2v) is 7.26. The molecule has 0 spiro atoms. The molecule has 0 aliphatic heterocycles. The molecule has 0 aliphatic carbocycles. The van der Waals surface area contributed by atoms with Crippen molar-refractivity contribution in [3.05, 3.63) is 95.7 Å². The Hall–Kier alpha value is -3.51. The molecule has 4 rings (SSSR count). The van der Waals surface area contributed by atoms with Crippen LogP contribution in [-0.2, 0) is 13.0 Å². The van der Waals surface area contributed by atoms with Crippen LogP contribution in [0.5, 0.6) is 0 Å². The average molecular weight is 385 g/mol. The number of hydrogen-bond acceptors (Lipinski definition) is 4. The number of hydrogen-bond donors (Lipinski definition) is 1. The van der Waals surface area contributed by atoms with Crippen LogP contribution in [-0.4, -0.2) is 39.3 Å². The zero-order valence-electron chi connectivity index (χ0n) is 16.5. The van der Waals surface area contributed by atoms with Crippen LogP contribution in [0.4, 0.5) is 5.69 Å². The van der Waals surface area contributed by atoms with Crippen molar-refractivity contribution in [1.82, 2.24) is 19.3 Å². The maximum absolute atomic E-state index is 12.9. The number of carbonyl (C=O) groups is 1. The number of carbonyl (C=O) groups excluding carboxylic acids is 1. The van der Waals surface area contributed by atoms with Crippen LogP contribution in [0.25, 0.3) is 5.65 Å². The lowest BCUT2D eigenvalue weighted by molar-refractivity contribution is 0.102. The molecule has 6 heteroatoms. The van der Waals surface area contributed by atoms with E-state index in [1.54, 1.807) is 12.4 Å². The lowest BCUT2D eigenvalue weighted by Crippen LogP contribution is -2.19. The lowest BCUT2D eigenvalue weighted by Gasteiger charge is -2.11. The van der Waals surface area contributed by atoms with Gasteiger partial charge in [-0.1, -0.05) is 18.2 Å².